The number of aryl methyl sites for hydroxylation is 2. The van der Waals surface area contributed by atoms with Crippen molar-refractivity contribution >= 4 is 11.2 Å². The van der Waals surface area contributed by atoms with E-state index >= 15 is 0 Å². The van der Waals surface area contributed by atoms with E-state index in [-0.39, 0.29) is 11.2 Å². The largest absolute Gasteiger partial charge is 0.332 e. The van der Waals surface area contributed by atoms with Gasteiger partial charge in [0, 0.05) is 20.6 Å². The Morgan fingerprint density at radius 2 is 1.62 bits per heavy atom. The molecule has 0 unspecified atom stereocenters. The zero-order chi connectivity index (χ0) is 17.5. The molecule has 0 aromatic carbocycles. The van der Waals surface area contributed by atoms with Crippen molar-refractivity contribution in [2.45, 2.75) is 57.9 Å². The van der Waals surface area contributed by atoms with Crippen LogP contribution in [0.1, 0.15) is 51.4 Å². The number of allylic oxidation sites excluding steroid dienone is 1. The lowest BCUT2D eigenvalue weighted by Gasteiger charge is -2.06. The summed E-state index contributed by atoms with van der Waals surface area (Å²) in [5.74, 6) is 0. The minimum absolute atomic E-state index is 0.271. The van der Waals surface area contributed by atoms with Gasteiger partial charge in [0.1, 0.15) is 0 Å². The summed E-state index contributed by atoms with van der Waals surface area (Å²) in [6.45, 7) is 4.50. The molecule has 132 valence electrons. The minimum atomic E-state index is -0.339. The zero-order valence-corrected chi connectivity index (χ0v) is 14.8. The molecule has 0 aliphatic rings. The maximum atomic E-state index is 12.3. The van der Waals surface area contributed by atoms with Crippen LogP contribution in [-0.4, -0.2) is 18.7 Å². The predicted octanol–water partition coefficient (Wildman–Crippen LogP) is 2.74. The highest BCUT2D eigenvalue weighted by Crippen LogP contribution is 2.11. The van der Waals surface area contributed by atoms with Crippen molar-refractivity contribution in [2.75, 3.05) is 0 Å². The Labute approximate surface area is 142 Å². The number of aromatic nitrogens is 4. The van der Waals surface area contributed by atoms with Gasteiger partial charge in [0.15, 0.2) is 11.2 Å². The van der Waals surface area contributed by atoms with E-state index in [0.717, 1.165) is 30.4 Å². The van der Waals surface area contributed by atoms with Crippen LogP contribution in [0.25, 0.3) is 11.2 Å². The molecular formula is C18H28N4O2. The van der Waals surface area contributed by atoms with Gasteiger partial charge in [0.25, 0.3) is 5.56 Å². The topological polar surface area (TPSA) is 61.8 Å². The van der Waals surface area contributed by atoms with Gasteiger partial charge in [0.2, 0.25) is 0 Å². The van der Waals surface area contributed by atoms with Crippen molar-refractivity contribution in [3.8, 4) is 0 Å². The van der Waals surface area contributed by atoms with Crippen molar-refractivity contribution < 1.29 is 0 Å². The van der Waals surface area contributed by atoms with Crippen molar-refractivity contribution in [1.29, 1.82) is 0 Å². The third-order valence-corrected chi connectivity index (χ3v) is 4.52. The Morgan fingerprint density at radius 3 is 2.29 bits per heavy atom. The standard InChI is InChI=1S/C18H28N4O2/c1-4-5-6-7-8-9-10-11-12-13-22-14-19-16-15(22)17(23)21(3)18(24)20(16)2/h4,14H,1,5-13H2,2-3H3. The number of hydrogen-bond donors (Lipinski definition) is 0. The SMILES string of the molecule is C=CCCCCCCCCCn1cnc2c1c(=O)n(C)c(=O)n2C. The van der Waals surface area contributed by atoms with Crippen LogP contribution >= 0.6 is 0 Å². The van der Waals surface area contributed by atoms with Gasteiger partial charge in [-0.15, -0.1) is 6.58 Å². The predicted molar refractivity (Wildman–Crippen MR) is 97.3 cm³/mol. The van der Waals surface area contributed by atoms with Crippen molar-refractivity contribution in [3.05, 3.63) is 39.8 Å². The normalized spacial score (nSPS) is 11.2. The molecule has 0 bridgehead atoms. The lowest BCUT2D eigenvalue weighted by atomic mass is 10.1. The van der Waals surface area contributed by atoms with Crippen LogP contribution in [0.3, 0.4) is 0 Å². The Morgan fingerprint density at radius 1 is 1.00 bits per heavy atom. The monoisotopic (exact) mass is 332 g/mol. The van der Waals surface area contributed by atoms with Crippen molar-refractivity contribution in [1.82, 2.24) is 18.7 Å². The molecule has 0 saturated carbocycles. The zero-order valence-electron chi connectivity index (χ0n) is 14.8. The molecule has 6 nitrogen and oxygen atoms in total. The first-order chi connectivity index (χ1) is 11.6. The summed E-state index contributed by atoms with van der Waals surface area (Å²) in [5, 5.41) is 0. The Balaban J connectivity index is 1.87. The Hall–Kier alpha value is -2.11. The molecule has 24 heavy (non-hydrogen) atoms. The third-order valence-electron chi connectivity index (χ3n) is 4.52. The first kappa shape index (κ1) is 18.2. The van der Waals surface area contributed by atoms with Gasteiger partial charge >= 0.3 is 5.69 Å². The summed E-state index contributed by atoms with van der Waals surface area (Å²) in [6, 6.07) is 0. The van der Waals surface area contributed by atoms with Gasteiger partial charge in [0.05, 0.1) is 6.33 Å². The van der Waals surface area contributed by atoms with Crippen LogP contribution in [0.4, 0.5) is 0 Å². The molecular weight excluding hydrogens is 304 g/mol. The molecule has 2 aromatic heterocycles. The molecule has 2 rings (SSSR count). The summed E-state index contributed by atoms with van der Waals surface area (Å²) in [4.78, 5) is 28.5. The lowest BCUT2D eigenvalue weighted by molar-refractivity contribution is 0.550. The van der Waals surface area contributed by atoms with Crippen LogP contribution in [-0.2, 0) is 20.6 Å². The van der Waals surface area contributed by atoms with E-state index in [1.165, 1.54) is 43.7 Å². The van der Waals surface area contributed by atoms with Crippen LogP contribution in [0, 0.1) is 0 Å². The molecule has 2 heterocycles. The van der Waals surface area contributed by atoms with Crippen LogP contribution < -0.4 is 11.2 Å². The highest BCUT2D eigenvalue weighted by molar-refractivity contribution is 5.69. The van der Waals surface area contributed by atoms with E-state index in [4.69, 9.17) is 0 Å². The summed E-state index contributed by atoms with van der Waals surface area (Å²) in [6.07, 6.45) is 13.2. The van der Waals surface area contributed by atoms with E-state index in [1.54, 1.807) is 13.4 Å². The molecule has 0 saturated heterocycles. The Kier molecular flexibility index (Phi) is 6.58. The molecule has 0 spiro atoms. The van der Waals surface area contributed by atoms with Crippen LogP contribution in [0.2, 0.25) is 0 Å². The number of hydrogen-bond acceptors (Lipinski definition) is 3. The second-order valence-corrected chi connectivity index (χ2v) is 6.37. The van der Waals surface area contributed by atoms with E-state index < -0.39 is 0 Å². The first-order valence-corrected chi connectivity index (χ1v) is 8.79. The molecule has 0 N–H and O–H groups in total. The minimum Gasteiger partial charge on any atom is -0.325 e. The number of imidazole rings is 1. The van der Waals surface area contributed by atoms with Gasteiger partial charge in [-0.2, -0.15) is 0 Å². The smallest absolute Gasteiger partial charge is 0.325 e. The van der Waals surface area contributed by atoms with Gasteiger partial charge in [-0.1, -0.05) is 38.2 Å². The van der Waals surface area contributed by atoms with Crippen LogP contribution in [0.5, 0.6) is 0 Å². The molecule has 0 atom stereocenters. The summed E-state index contributed by atoms with van der Waals surface area (Å²) in [5.41, 5.74) is 0.372. The molecule has 0 aliphatic heterocycles. The summed E-state index contributed by atoms with van der Waals surface area (Å²) in [7, 11) is 3.15. The van der Waals surface area contributed by atoms with Crippen LogP contribution in [0.15, 0.2) is 28.6 Å². The van der Waals surface area contributed by atoms with Gasteiger partial charge in [-0.05, 0) is 19.3 Å². The molecule has 0 amide bonds. The average molecular weight is 332 g/mol. The summed E-state index contributed by atoms with van der Waals surface area (Å²) < 4.78 is 4.45. The molecule has 6 heteroatoms. The van der Waals surface area contributed by atoms with E-state index in [0.29, 0.717) is 11.2 Å². The van der Waals surface area contributed by atoms with E-state index in [1.807, 2.05) is 10.6 Å². The fraction of sp³-hybridized carbons (Fsp3) is 0.611. The van der Waals surface area contributed by atoms with E-state index in [2.05, 4.69) is 11.6 Å². The second-order valence-electron chi connectivity index (χ2n) is 6.37. The highest BCUT2D eigenvalue weighted by Gasteiger charge is 2.13. The molecule has 0 aliphatic carbocycles. The maximum Gasteiger partial charge on any atom is 0.332 e. The van der Waals surface area contributed by atoms with Crippen molar-refractivity contribution in [3.63, 3.8) is 0 Å². The number of unbranched alkanes of at least 4 members (excludes halogenated alkanes) is 7. The first-order valence-electron chi connectivity index (χ1n) is 8.79. The van der Waals surface area contributed by atoms with Crippen molar-refractivity contribution in [2.24, 2.45) is 14.1 Å². The number of rotatable bonds is 10. The number of nitrogens with zero attached hydrogens (tertiary/aromatic N) is 4. The van der Waals surface area contributed by atoms with Gasteiger partial charge in [-0.3, -0.25) is 13.9 Å². The van der Waals surface area contributed by atoms with Gasteiger partial charge in [-0.25, -0.2) is 9.78 Å². The number of fused-ring (bicyclic) bond motifs is 1. The molecule has 0 fully saturated rings. The summed E-state index contributed by atoms with van der Waals surface area (Å²) >= 11 is 0. The second kappa shape index (κ2) is 8.66. The quantitative estimate of drug-likeness (QED) is 0.496. The van der Waals surface area contributed by atoms with Gasteiger partial charge < -0.3 is 4.57 Å². The maximum absolute atomic E-state index is 12.3. The lowest BCUT2D eigenvalue weighted by Crippen LogP contribution is -2.37. The third kappa shape index (κ3) is 4.04. The fourth-order valence-corrected chi connectivity index (χ4v) is 3.02. The fourth-order valence-electron chi connectivity index (χ4n) is 3.02. The average Bonchev–Trinajstić information content (AvgIpc) is 3.00. The Bertz CT molecular complexity index is 798. The molecule has 2 aromatic rings. The highest BCUT2D eigenvalue weighted by atomic mass is 16.2. The van der Waals surface area contributed by atoms with E-state index in [9.17, 15) is 9.59 Å². The molecule has 0 radical (unpaired) electrons.